The first-order valence-electron chi connectivity index (χ1n) is 6.03. The Morgan fingerprint density at radius 1 is 1.38 bits per heavy atom. The van der Waals surface area contributed by atoms with Gasteiger partial charge in [-0.25, -0.2) is 17.9 Å². The van der Waals surface area contributed by atoms with Gasteiger partial charge in [-0.1, -0.05) is 6.92 Å². The molecule has 0 aliphatic rings. The van der Waals surface area contributed by atoms with Crippen molar-refractivity contribution in [1.29, 1.82) is 0 Å². The number of rotatable bonds is 4. The molecule has 0 unspecified atom stereocenters. The van der Waals surface area contributed by atoms with Crippen LogP contribution in [0.5, 0.6) is 0 Å². The van der Waals surface area contributed by atoms with Crippen molar-refractivity contribution in [3.8, 4) is 0 Å². The minimum Gasteiger partial charge on any atom is -0.469 e. The summed E-state index contributed by atoms with van der Waals surface area (Å²) in [6.45, 7) is 1.82. The van der Waals surface area contributed by atoms with E-state index in [1.807, 2.05) is 6.92 Å². The zero-order valence-corrected chi connectivity index (χ0v) is 11.9. The fraction of sp³-hybridized carbons (Fsp3) is 0.154. The molecule has 0 fully saturated rings. The normalized spacial score (nSPS) is 11.4. The van der Waals surface area contributed by atoms with Gasteiger partial charge >= 0.3 is 0 Å². The summed E-state index contributed by atoms with van der Waals surface area (Å²) in [7, 11) is -3.99. The molecule has 2 aromatic rings. The van der Waals surface area contributed by atoms with Crippen LogP contribution in [-0.2, 0) is 16.4 Å². The Labute approximate surface area is 120 Å². The molecule has 8 heteroatoms. The number of anilines is 1. The third kappa shape index (κ3) is 3.29. The smallest absolute Gasteiger partial charge is 0.259 e. The number of halogens is 1. The number of benzene rings is 1. The average molecular weight is 312 g/mol. The molecule has 0 radical (unpaired) electrons. The van der Waals surface area contributed by atoms with Crippen molar-refractivity contribution >= 4 is 21.6 Å². The van der Waals surface area contributed by atoms with Gasteiger partial charge in [-0.2, -0.15) is 0 Å². The first kappa shape index (κ1) is 15.2. The summed E-state index contributed by atoms with van der Waals surface area (Å²) in [6.07, 6.45) is 1.89. The van der Waals surface area contributed by atoms with Crippen LogP contribution in [0.15, 0.2) is 39.8 Å². The lowest BCUT2D eigenvalue weighted by atomic mass is 10.2. The maximum absolute atomic E-state index is 13.8. The minimum absolute atomic E-state index is 0.143. The van der Waals surface area contributed by atoms with Crippen LogP contribution in [0.1, 0.15) is 23.0 Å². The maximum Gasteiger partial charge on any atom is 0.259 e. The zero-order chi connectivity index (χ0) is 15.6. The lowest BCUT2D eigenvalue weighted by Gasteiger charge is -2.07. The molecule has 6 nitrogen and oxygen atoms in total. The van der Waals surface area contributed by atoms with E-state index in [4.69, 9.17) is 9.56 Å². The van der Waals surface area contributed by atoms with Gasteiger partial charge in [-0.05, 0) is 24.3 Å². The largest absolute Gasteiger partial charge is 0.469 e. The van der Waals surface area contributed by atoms with Gasteiger partial charge in [-0.15, -0.1) is 0 Å². The van der Waals surface area contributed by atoms with Crippen LogP contribution >= 0.6 is 0 Å². The number of sulfonamides is 1. The lowest BCUT2D eigenvalue weighted by molar-refractivity contribution is 0.102. The van der Waals surface area contributed by atoms with Crippen molar-refractivity contribution in [1.82, 2.24) is 0 Å². The molecule has 1 aromatic carbocycles. The second kappa shape index (κ2) is 5.66. The Hall–Kier alpha value is -2.19. The van der Waals surface area contributed by atoms with E-state index in [2.05, 4.69) is 5.32 Å². The van der Waals surface area contributed by atoms with E-state index in [0.29, 0.717) is 17.7 Å². The van der Waals surface area contributed by atoms with Crippen LogP contribution in [0.4, 0.5) is 10.1 Å². The molecule has 0 atom stereocenters. The quantitative estimate of drug-likeness (QED) is 0.899. The van der Waals surface area contributed by atoms with E-state index in [1.54, 1.807) is 0 Å². The molecule has 1 amide bonds. The highest BCUT2D eigenvalue weighted by molar-refractivity contribution is 7.89. The minimum atomic E-state index is -3.99. The second-order valence-electron chi connectivity index (χ2n) is 4.25. The third-order valence-electron chi connectivity index (χ3n) is 2.83. The first-order chi connectivity index (χ1) is 9.82. The molecule has 0 saturated heterocycles. The number of nitrogens with two attached hydrogens (primary N) is 1. The molecular weight excluding hydrogens is 299 g/mol. The van der Waals surface area contributed by atoms with Crippen LogP contribution in [0.25, 0.3) is 0 Å². The monoisotopic (exact) mass is 312 g/mol. The van der Waals surface area contributed by atoms with Crippen molar-refractivity contribution in [2.45, 2.75) is 18.2 Å². The summed E-state index contributed by atoms with van der Waals surface area (Å²) in [5.74, 6) is -0.951. The van der Waals surface area contributed by atoms with E-state index >= 15 is 0 Å². The number of carbonyl (C=O) groups is 1. The molecule has 2 rings (SSSR count). The van der Waals surface area contributed by atoms with Crippen molar-refractivity contribution < 1.29 is 22.0 Å². The van der Waals surface area contributed by atoms with Crippen LogP contribution in [-0.4, -0.2) is 14.3 Å². The van der Waals surface area contributed by atoms with E-state index in [0.717, 1.165) is 18.2 Å². The average Bonchev–Trinajstić information content (AvgIpc) is 2.88. The third-order valence-corrected chi connectivity index (χ3v) is 3.74. The number of aryl methyl sites for hydroxylation is 1. The fourth-order valence-corrected chi connectivity index (χ4v) is 2.31. The Morgan fingerprint density at radius 3 is 2.67 bits per heavy atom. The van der Waals surface area contributed by atoms with Crippen LogP contribution in [0, 0.1) is 5.82 Å². The molecule has 112 valence electrons. The SMILES string of the molecule is CCc1occc1C(=O)Nc1ccc(S(N)(=O)=O)cc1F. The summed E-state index contributed by atoms with van der Waals surface area (Å²) in [5, 5.41) is 7.25. The van der Waals surface area contributed by atoms with E-state index in [-0.39, 0.29) is 10.6 Å². The molecular formula is C13H13FN2O4S. The number of hydrogen-bond acceptors (Lipinski definition) is 4. The van der Waals surface area contributed by atoms with Crippen LogP contribution in [0.3, 0.4) is 0 Å². The Bertz CT molecular complexity index is 783. The molecule has 3 N–H and O–H groups in total. The standard InChI is InChI=1S/C13H13FN2O4S/c1-2-12-9(5-6-20-12)13(17)16-11-4-3-8(7-10(11)14)21(15,18)19/h3-7H,2H2,1H3,(H,16,17)(H2,15,18,19). The maximum atomic E-state index is 13.8. The summed E-state index contributed by atoms with van der Waals surface area (Å²) >= 11 is 0. The second-order valence-corrected chi connectivity index (χ2v) is 5.81. The molecule has 0 aliphatic heterocycles. The predicted molar refractivity (Wildman–Crippen MR) is 73.8 cm³/mol. The Kier molecular flexibility index (Phi) is 4.10. The molecule has 21 heavy (non-hydrogen) atoms. The number of nitrogens with one attached hydrogen (secondary N) is 1. The zero-order valence-electron chi connectivity index (χ0n) is 11.1. The summed E-state index contributed by atoms with van der Waals surface area (Å²) < 4.78 is 41.1. The molecule has 0 spiro atoms. The van der Waals surface area contributed by atoms with E-state index in [1.165, 1.54) is 12.3 Å². The van der Waals surface area contributed by atoms with Gasteiger partial charge in [0.1, 0.15) is 11.6 Å². The number of amides is 1. The first-order valence-corrected chi connectivity index (χ1v) is 7.57. The number of furan rings is 1. The van der Waals surface area contributed by atoms with Crippen molar-refractivity contribution in [2.75, 3.05) is 5.32 Å². The number of carbonyl (C=O) groups excluding carboxylic acids is 1. The molecule has 0 bridgehead atoms. The van der Waals surface area contributed by atoms with E-state index < -0.39 is 21.7 Å². The topological polar surface area (TPSA) is 102 Å². The molecule has 0 saturated carbocycles. The van der Waals surface area contributed by atoms with Crippen molar-refractivity contribution in [2.24, 2.45) is 5.14 Å². The van der Waals surface area contributed by atoms with Gasteiger partial charge in [0, 0.05) is 6.42 Å². The van der Waals surface area contributed by atoms with Crippen molar-refractivity contribution in [3.05, 3.63) is 47.7 Å². The van der Waals surface area contributed by atoms with E-state index in [9.17, 15) is 17.6 Å². The highest BCUT2D eigenvalue weighted by atomic mass is 32.2. The van der Waals surface area contributed by atoms with Crippen molar-refractivity contribution in [3.63, 3.8) is 0 Å². The fourth-order valence-electron chi connectivity index (χ4n) is 1.78. The van der Waals surface area contributed by atoms with Gasteiger partial charge in [0.15, 0.2) is 0 Å². The number of hydrogen-bond donors (Lipinski definition) is 2. The predicted octanol–water partition coefficient (Wildman–Crippen LogP) is 1.88. The summed E-state index contributed by atoms with van der Waals surface area (Å²) in [6, 6.07) is 4.48. The van der Waals surface area contributed by atoms with Gasteiger partial charge in [0.2, 0.25) is 10.0 Å². The number of primary sulfonamides is 1. The van der Waals surface area contributed by atoms with Gasteiger partial charge in [0.05, 0.1) is 22.4 Å². The molecule has 1 aromatic heterocycles. The summed E-state index contributed by atoms with van der Waals surface area (Å²) in [5.41, 5.74) is 0.156. The van der Waals surface area contributed by atoms with Crippen LogP contribution < -0.4 is 10.5 Å². The summed E-state index contributed by atoms with van der Waals surface area (Å²) in [4.78, 5) is 11.6. The highest BCUT2D eigenvalue weighted by Gasteiger charge is 2.17. The van der Waals surface area contributed by atoms with Gasteiger partial charge in [0.25, 0.3) is 5.91 Å². The molecule has 1 heterocycles. The Morgan fingerprint density at radius 2 is 2.10 bits per heavy atom. The van der Waals surface area contributed by atoms with Gasteiger partial charge in [-0.3, -0.25) is 4.79 Å². The van der Waals surface area contributed by atoms with Gasteiger partial charge < -0.3 is 9.73 Å². The Balaban J connectivity index is 2.26. The lowest BCUT2D eigenvalue weighted by Crippen LogP contribution is -2.15. The molecule has 0 aliphatic carbocycles. The highest BCUT2D eigenvalue weighted by Crippen LogP contribution is 2.20. The van der Waals surface area contributed by atoms with Crippen LogP contribution in [0.2, 0.25) is 0 Å².